The monoisotopic (exact) mass is 385 g/mol. The van der Waals surface area contributed by atoms with Gasteiger partial charge in [-0.2, -0.15) is 0 Å². The fourth-order valence-electron chi connectivity index (χ4n) is 4.28. The van der Waals surface area contributed by atoms with E-state index >= 15 is 0 Å². The minimum Gasteiger partial charge on any atom is -0.493 e. The van der Waals surface area contributed by atoms with E-state index in [9.17, 15) is 9.59 Å². The number of rotatable bonds is 6. The third-order valence-electron chi connectivity index (χ3n) is 5.88. The number of aromatic nitrogens is 1. The Balaban J connectivity index is 1.85. The molecule has 0 amide bonds. The zero-order valence-corrected chi connectivity index (χ0v) is 17.5. The minimum atomic E-state index is -0.210. The number of nitrogens with one attached hydrogen (secondary N) is 2. The zero-order valence-electron chi connectivity index (χ0n) is 17.5. The number of methoxy groups -OCH3 is 2. The predicted molar refractivity (Wildman–Crippen MR) is 107 cm³/mol. The van der Waals surface area contributed by atoms with E-state index in [-0.39, 0.29) is 17.6 Å². The molecule has 0 saturated heterocycles. The first kappa shape index (κ1) is 20.1. The summed E-state index contributed by atoms with van der Waals surface area (Å²) in [5.41, 5.74) is 5.13. The van der Waals surface area contributed by atoms with Crippen molar-refractivity contribution in [3.05, 3.63) is 45.8 Å². The van der Waals surface area contributed by atoms with Gasteiger partial charge in [0, 0.05) is 23.2 Å². The summed E-state index contributed by atoms with van der Waals surface area (Å²) in [6, 6.07) is 3.84. The topological polar surface area (TPSA) is 72.8 Å². The van der Waals surface area contributed by atoms with E-state index in [1.54, 1.807) is 14.2 Å². The lowest BCUT2D eigenvalue weighted by atomic mass is 9.96. The highest BCUT2D eigenvalue weighted by Gasteiger charge is 2.33. The van der Waals surface area contributed by atoms with Crippen LogP contribution in [0.3, 0.4) is 0 Å². The summed E-state index contributed by atoms with van der Waals surface area (Å²) in [6.45, 7) is 8.81. The summed E-state index contributed by atoms with van der Waals surface area (Å²) < 4.78 is 10.8. The van der Waals surface area contributed by atoms with Crippen LogP contribution < -0.4 is 14.4 Å². The number of fused-ring (bicyclic) bond motifs is 1. The van der Waals surface area contributed by atoms with E-state index < -0.39 is 0 Å². The minimum absolute atomic E-state index is 0.0155. The van der Waals surface area contributed by atoms with E-state index in [2.05, 4.69) is 4.98 Å². The number of ether oxygens (including phenoxy) is 2. The van der Waals surface area contributed by atoms with Gasteiger partial charge in [0.25, 0.3) is 0 Å². The molecule has 6 nitrogen and oxygen atoms in total. The lowest BCUT2D eigenvalue weighted by molar-refractivity contribution is -0.929. The molecule has 2 atom stereocenters. The summed E-state index contributed by atoms with van der Waals surface area (Å²) in [5, 5.41) is 0. The summed E-state index contributed by atoms with van der Waals surface area (Å²) in [5.74, 6) is 1.48. The van der Waals surface area contributed by atoms with Crippen molar-refractivity contribution in [1.29, 1.82) is 0 Å². The van der Waals surface area contributed by atoms with Crippen LogP contribution in [0.25, 0.3) is 0 Å². The molecule has 2 N–H and O–H groups in total. The van der Waals surface area contributed by atoms with Gasteiger partial charge in [-0.15, -0.1) is 0 Å². The molecule has 1 aromatic carbocycles. The standard InChI is InChI=1S/C22H28N2O4/c1-12-20(15(4)25)13(2)23-21(12)22(26)14(3)24-8-7-16-9-18(27-5)19(28-6)10-17(16)11-24/h9-10,14,23H,7-8,11H2,1-6H3/p+1/t14-/m0/s1. The van der Waals surface area contributed by atoms with Crippen molar-refractivity contribution in [2.45, 2.75) is 46.7 Å². The molecular formula is C22H29N2O4+. The molecule has 2 aromatic rings. The molecule has 1 aromatic heterocycles. The molecule has 0 spiro atoms. The highest BCUT2D eigenvalue weighted by Crippen LogP contribution is 2.31. The molecule has 0 saturated carbocycles. The second kappa shape index (κ2) is 7.80. The number of H-pyrrole nitrogens is 1. The molecule has 0 aliphatic carbocycles. The molecule has 2 heterocycles. The van der Waals surface area contributed by atoms with Gasteiger partial charge in [0.15, 0.2) is 23.3 Å². The molecule has 28 heavy (non-hydrogen) atoms. The first-order chi connectivity index (χ1) is 13.3. The third-order valence-corrected chi connectivity index (χ3v) is 5.88. The smallest absolute Gasteiger partial charge is 0.235 e. The van der Waals surface area contributed by atoms with Gasteiger partial charge in [0.05, 0.1) is 26.5 Å². The molecule has 0 fully saturated rings. The highest BCUT2D eigenvalue weighted by atomic mass is 16.5. The summed E-state index contributed by atoms with van der Waals surface area (Å²) in [6.07, 6.45) is 0.879. The Hall–Kier alpha value is -2.60. The Morgan fingerprint density at radius 3 is 2.25 bits per heavy atom. The number of ketones is 2. The van der Waals surface area contributed by atoms with Gasteiger partial charge >= 0.3 is 0 Å². The first-order valence-electron chi connectivity index (χ1n) is 9.61. The van der Waals surface area contributed by atoms with Gasteiger partial charge in [0.2, 0.25) is 5.78 Å². The predicted octanol–water partition coefficient (Wildman–Crippen LogP) is 2.06. The molecule has 1 aliphatic rings. The first-order valence-corrected chi connectivity index (χ1v) is 9.61. The van der Waals surface area contributed by atoms with Crippen LogP contribution in [0.4, 0.5) is 0 Å². The highest BCUT2D eigenvalue weighted by molar-refractivity contribution is 6.04. The van der Waals surface area contributed by atoms with Crippen LogP contribution in [0.1, 0.15) is 57.1 Å². The molecule has 1 unspecified atom stereocenters. The van der Waals surface area contributed by atoms with Crippen LogP contribution in [0, 0.1) is 13.8 Å². The van der Waals surface area contributed by atoms with Crippen molar-refractivity contribution in [3.8, 4) is 11.5 Å². The van der Waals surface area contributed by atoms with Gasteiger partial charge in [-0.25, -0.2) is 0 Å². The van der Waals surface area contributed by atoms with Gasteiger partial charge in [-0.05, 0) is 51.0 Å². The lowest BCUT2D eigenvalue weighted by Crippen LogP contribution is -3.16. The van der Waals surface area contributed by atoms with E-state index in [0.717, 1.165) is 36.5 Å². The Bertz CT molecular complexity index is 929. The fraction of sp³-hybridized carbons (Fsp3) is 0.455. The maximum absolute atomic E-state index is 13.2. The maximum Gasteiger partial charge on any atom is 0.235 e. The van der Waals surface area contributed by atoms with Crippen molar-refractivity contribution in [1.82, 2.24) is 4.98 Å². The average molecular weight is 385 g/mol. The number of aryl methyl sites for hydroxylation is 1. The maximum atomic E-state index is 13.2. The van der Waals surface area contributed by atoms with Crippen LogP contribution in [-0.2, 0) is 13.0 Å². The van der Waals surface area contributed by atoms with Crippen molar-refractivity contribution in [3.63, 3.8) is 0 Å². The average Bonchev–Trinajstić information content (AvgIpc) is 2.99. The fourth-order valence-corrected chi connectivity index (χ4v) is 4.28. The number of quaternary nitrogens is 1. The van der Waals surface area contributed by atoms with Crippen molar-refractivity contribution >= 4 is 11.6 Å². The normalized spacial score (nSPS) is 17.0. The summed E-state index contributed by atoms with van der Waals surface area (Å²) in [7, 11) is 3.27. The van der Waals surface area contributed by atoms with Crippen LogP contribution in [0.2, 0.25) is 0 Å². The number of Topliss-reactive ketones (excluding diaryl/α,β-unsaturated/α-hetero) is 2. The second-order valence-electron chi connectivity index (χ2n) is 7.58. The molecule has 6 heteroatoms. The molecule has 150 valence electrons. The van der Waals surface area contributed by atoms with Crippen molar-refractivity contribution in [2.24, 2.45) is 0 Å². The second-order valence-corrected chi connectivity index (χ2v) is 7.58. The molecule has 0 radical (unpaired) electrons. The van der Waals surface area contributed by atoms with E-state index in [0.29, 0.717) is 17.0 Å². The third kappa shape index (κ3) is 3.44. The van der Waals surface area contributed by atoms with E-state index in [1.807, 2.05) is 32.9 Å². The van der Waals surface area contributed by atoms with Crippen molar-refractivity contribution < 1.29 is 24.0 Å². The Labute approximate surface area is 165 Å². The summed E-state index contributed by atoms with van der Waals surface area (Å²) >= 11 is 0. The van der Waals surface area contributed by atoms with Crippen LogP contribution in [0.15, 0.2) is 12.1 Å². The number of carbonyl (C=O) groups excluding carboxylic acids is 2. The van der Waals surface area contributed by atoms with E-state index in [1.165, 1.54) is 23.0 Å². The Kier molecular flexibility index (Phi) is 5.61. The lowest BCUT2D eigenvalue weighted by Gasteiger charge is -2.30. The van der Waals surface area contributed by atoms with E-state index in [4.69, 9.17) is 9.47 Å². The van der Waals surface area contributed by atoms with Crippen LogP contribution >= 0.6 is 0 Å². The SMILES string of the molecule is COc1cc2c(cc1OC)C[NH+]([C@@H](C)C(=O)c1[nH]c(C)c(C(C)=O)c1C)CC2. The van der Waals surface area contributed by atoms with Gasteiger partial charge in [-0.1, -0.05) is 0 Å². The Morgan fingerprint density at radius 1 is 1.11 bits per heavy atom. The van der Waals surface area contributed by atoms with Gasteiger partial charge < -0.3 is 19.4 Å². The molecular weight excluding hydrogens is 356 g/mol. The molecule has 1 aliphatic heterocycles. The number of benzene rings is 1. The number of aromatic amines is 1. The van der Waals surface area contributed by atoms with Crippen molar-refractivity contribution in [2.75, 3.05) is 20.8 Å². The zero-order chi connectivity index (χ0) is 20.6. The largest absolute Gasteiger partial charge is 0.493 e. The quantitative estimate of drug-likeness (QED) is 0.747. The summed E-state index contributed by atoms with van der Waals surface area (Å²) in [4.78, 5) is 29.4. The number of hydrogen-bond donors (Lipinski definition) is 2. The van der Waals surface area contributed by atoms with Gasteiger partial charge in [0.1, 0.15) is 6.54 Å². The number of carbonyl (C=O) groups is 2. The van der Waals surface area contributed by atoms with Crippen LogP contribution in [0.5, 0.6) is 11.5 Å². The molecule has 0 bridgehead atoms. The Morgan fingerprint density at radius 2 is 1.71 bits per heavy atom. The van der Waals surface area contributed by atoms with Gasteiger partial charge in [-0.3, -0.25) is 9.59 Å². The van der Waals surface area contributed by atoms with Crippen LogP contribution in [-0.4, -0.2) is 43.4 Å². The molecule has 3 rings (SSSR count). The number of hydrogen-bond acceptors (Lipinski definition) is 4.